The van der Waals surface area contributed by atoms with Crippen LogP contribution in [-0.4, -0.2) is 25.8 Å². The largest absolute Gasteiger partial charge is 0.381 e. The first kappa shape index (κ1) is 16.9. The molecule has 0 amide bonds. The second-order valence-corrected chi connectivity index (χ2v) is 6.41. The van der Waals surface area contributed by atoms with E-state index in [2.05, 4.69) is 46.9 Å². The number of hydrogen-bond acceptors (Lipinski definition) is 2. The van der Waals surface area contributed by atoms with Gasteiger partial charge in [-0.25, -0.2) is 0 Å². The summed E-state index contributed by atoms with van der Waals surface area (Å²) in [7, 11) is 0. The predicted molar refractivity (Wildman–Crippen MR) is 76.4 cm³/mol. The Labute approximate surface area is 109 Å². The van der Waals surface area contributed by atoms with Gasteiger partial charge in [0.2, 0.25) is 0 Å². The molecule has 0 aliphatic carbocycles. The first-order valence-corrected chi connectivity index (χ1v) is 7.19. The third-order valence-corrected chi connectivity index (χ3v) is 3.12. The average Bonchev–Trinajstić information content (AvgIpc) is 2.19. The number of hydrogen-bond donors (Lipinski definition) is 1. The SMILES string of the molecule is CCNC(CCCOCCC(C)C)C(C)(C)C. The summed E-state index contributed by atoms with van der Waals surface area (Å²) in [6.07, 6.45) is 3.54. The Kier molecular flexibility index (Phi) is 8.89. The fraction of sp³-hybridized carbons (Fsp3) is 1.00. The highest BCUT2D eigenvalue weighted by atomic mass is 16.5. The van der Waals surface area contributed by atoms with Crippen LogP contribution in [0.3, 0.4) is 0 Å². The summed E-state index contributed by atoms with van der Waals surface area (Å²) in [5.41, 5.74) is 0.341. The van der Waals surface area contributed by atoms with E-state index in [0.717, 1.165) is 32.1 Å². The Morgan fingerprint density at radius 2 is 1.71 bits per heavy atom. The molecule has 0 heterocycles. The maximum absolute atomic E-state index is 5.66. The van der Waals surface area contributed by atoms with Gasteiger partial charge >= 0.3 is 0 Å². The van der Waals surface area contributed by atoms with Crippen molar-refractivity contribution in [3.8, 4) is 0 Å². The van der Waals surface area contributed by atoms with Gasteiger partial charge in [-0.05, 0) is 37.1 Å². The van der Waals surface area contributed by atoms with E-state index in [9.17, 15) is 0 Å². The first-order chi connectivity index (χ1) is 7.88. The molecule has 1 N–H and O–H groups in total. The van der Waals surface area contributed by atoms with Gasteiger partial charge in [0.25, 0.3) is 0 Å². The van der Waals surface area contributed by atoms with Gasteiger partial charge in [-0.2, -0.15) is 0 Å². The van der Waals surface area contributed by atoms with Crippen LogP contribution >= 0.6 is 0 Å². The molecule has 104 valence electrons. The van der Waals surface area contributed by atoms with Gasteiger partial charge in [0, 0.05) is 19.3 Å². The molecule has 2 nitrogen and oxygen atoms in total. The minimum atomic E-state index is 0.341. The lowest BCUT2D eigenvalue weighted by atomic mass is 9.84. The predicted octanol–water partition coefficient (Wildman–Crippen LogP) is 3.85. The maximum atomic E-state index is 5.66. The van der Waals surface area contributed by atoms with Crippen LogP contribution in [0.25, 0.3) is 0 Å². The Hall–Kier alpha value is -0.0800. The Bertz CT molecular complexity index is 172. The zero-order valence-corrected chi connectivity index (χ0v) is 12.8. The second-order valence-electron chi connectivity index (χ2n) is 6.41. The van der Waals surface area contributed by atoms with Gasteiger partial charge in [0.05, 0.1) is 0 Å². The van der Waals surface area contributed by atoms with Gasteiger partial charge < -0.3 is 10.1 Å². The van der Waals surface area contributed by atoms with Crippen LogP contribution in [0.15, 0.2) is 0 Å². The fourth-order valence-electron chi connectivity index (χ4n) is 1.90. The lowest BCUT2D eigenvalue weighted by molar-refractivity contribution is 0.113. The van der Waals surface area contributed by atoms with Gasteiger partial charge in [-0.1, -0.05) is 41.5 Å². The van der Waals surface area contributed by atoms with Crippen molar-refractivity contribution >= 4 is 0 Å². The molecule has 0 aromatic carbocycles. The molecule has 1 atom stereocenters. The first-order valence-electron chi connectivity index (χ1n) is 7.19. The topological polar surface area (TPSA) is 21.3 Å². The molecular weight excluding hydrogens is 210 g/mol. The average molecular weight is 243 g/mol. The number of ether oxygens (including phenoxy) is 1. The molecule has 0 aliphatic rings. The van der Waals surface area contributed by atoms with E-state index in [0.29, 0.717) is 11.5 Å². The molecular formula is C15H33NO. The summed E-state index contributed by atoms with van der Waals surface area (Å²) in [5.74, 6) is 0.749. The molecule has 17 heavy (non-hydrogen) atoms. The van der Waals surface area contributed by atoms with Crippen molar-refractivity contribution in [2.45, 2.75) is 66.8 Å². The van der Waals surface area contributed by atoms with Crippen LogP contribution in [0.2, 0.25) is 0 Å². The molecule has 0 aromatic heterocycles. The second kappa shape index (κ2) is 8.93. The maximum Gasteiger partial charge on any atom is 0.0468 e. The van der Waals surface area contributed by atoms with Crippen LogP contribution in [-0.2, 0) is 4.74 Å². The van der Waals surface area contributed by atoms with E-state index in [1.807, 2.05) is 0 Å². The van der Waals surface area contributed by atoms with E-state index in [4.69, 9.17) is 4.74 Å². The van der Waals surface area contributed by atoms with Gasteiger partial charge in [0.15, 0.2) is 0 Å². The molecule has 0 radical (unpaired) electrons. The van der Waals surface area contributed by atoms with Gasteiger partial charge in [-0.15, -0.1) is 0 Å². The third kappa shape index (κ3) is 9.61. The molecule has 0 spiro atoms. The fourth-order valence-corrected chi connectivity index (χ4v) is 1.90. The highest BCUT2D eigenvalue weighted by Crippen LogP contribution is 2.22. The van der Waals surface area contributed by atoms with Crippen LogP contribution in [0.4, 0.5) is 0 Å². The molecule has 0 fully saturated rings. The van der Waals surface area contributed by atoms with Crippen LogP contribution in [0.1, 0.15) is 60.8 Å². The summed E-state index contributed by atoms with van der Waals surface area (Å²) in [4.78, 5) is 0. The Morgan fingerprint density at radius 3 is 2.18 bits per heavy atom. The zero-order valence-electron chi connectivity index (χ0n) is 12.8. The number of nitrogens with one attached hydrogen (secondary N) is 1. The molecule has 0 aliphatic heterocycles. The summed E-state index contributed by atoms with van der Waals surface area (Å²) < 4.78 is 5.66. The Balaban J connectivity index is 3.62. The molecule has 0 aromatic rings. The third-order valence-electron chi connectivity index (χ3n) is 3.12. The summed E-state index contributed by atoms with van der Waals surface area (Å²) >= 11 is 0. The van der Waals surface area contributed by atoms with Crippen molar-refractivity contribution < 1.29 is 4.74 Å². The molecule has 0 saturated carbocycles. The molecule has 2 heteroatoms. The van der Waals surface area contributed by atoms with E-state index in [-0.39, 0.29) is 0 Å². The monoisotopic (exact) mass is 243 g/mol. The Morgan fingerprint density at radius 1 is 1.06 bits per heavy atom. The van der Waals surface area contributed by atoms with Crippen molar-refractivity contribution in [2.75, 3.05) is 19.8 Å². The minimum Gasteiger partial charge on any atom is -0.381 e. The van der Waals surface area contributed by atoms with Crippen LogP contribution < -0.4 is 5.32 Å². The number of rotatable bonds is 9. The smallest absolute Gasteiger partial charge is 0.0468 e. The molecule has 0 rings (SSSR count). The van der Waals surface area contributed by atoms with Gasteiger partial charge in [-0.3, -0.25) is 0 Å². The highest BCUT2D eigenvalue weighted by Gasteiger charge is 2.22. The normalized spacial score (nSPS) is 14.3. The minimum absolute atomic E-state index is 0.341. The quantitative estimate of drug-likeness (QED) is 0.621. The van der Waals surface area contributed by atoms with E-state index < -0.39 is 0 Å². The van der Waals surface area contributed by atoms with Crippen molar-refractivity contribution in [1.29, 1.82) is 0 Å². The van der Waals surface area contributed by atoms with E-state index in [1.54, 1.807) is 0 Å². The van der Waals surface area contributed by atoms with Crippen molar-refractivity contribution in [1.82, 2.24) is 5.32 Å². The highest BCUT2D eigenvalue weighted by molar-refractivity contribution is 4.79. The van der Waals surface area contributed by atoms with E-state index >= 15 is 0 Å². The lowest BCUT2D eigenvalue weighted by Gasteiger charge is -2.31. The summed E-state index contributed by atoms with van der Waals surface area (Å²) in [5, 5.41) is 3.58. The summed E-state index contributed by atoms with van der Waals surface area (Å²) in [6.45, 7) is 16.5. The van der Waals surface area contributed by atoms with Gasteiger partial charge in [0.1, 0.15) is 0 Å². The molecule has 1 unspecified atom stereocenters. The van der Waals surface area contributed by atoms with Crippen LogP contribution in [0.5, 0.6) is 0 Å². The molecule has 0 bridgehead atoms. The lowest BCUT2D eigenvalue weighted by Crippen LogP contribution is -2.40. The zero-order chi connectivity index (χ0) is 13.3. The molecule has 0 saturated heterocycles. The standard InChI is InChI=1S/C15H33NO/c1-7-16-14(15(4,5)6)9-8-11-17-12-10-13(2)3/h13-14,16H,7-12H2,1-6H3. The van der Waals surface area contributed by atoms with E-state index in [1.165, 1.54) is 12.8 Å². The van der Waals surface area contributed by atoms with Crippen LogP contribution in [0, 0.1) is 11.3 Å². The van der Waals surface area contributed by atoms with Crippen molar-refractivity contribution in [3.05, 3.63) is 0 Å². The summed E-state index contributed by atoms with van der Waals surface area (Å²) in [6, 6.07) is 0.598. The van der Waals surface area contributed by atoms with Crippen molar-refractivity contribution in [3.63, 3.8) is 0 Å². The van der Waals surface area contributed by atoms with Crippen molar-refractivity contribution in [2.24, 2.45) is 11.3 Å².